The van der Waals surface area contributed by atoms with E-state index in [9.17, 15) is 9.59 Å². The minimum absolute atomic E-state index is 0.147. The molecule has 0 radical (unpaired) electrons. The second kappa shape index (κ2) is 5.74. The highest BCUT2D eigenvalue weighted by molar-refractivity contribution is 5.81. The summed E-state index contributed by atoms with van der Waals surface area (Å²) in [6.45, 7) is 7.62. The highest BCUT2D eigenvalue weighted by Gasteiger charge is 2.43. The van der Waals surface area contributed by atoms with Crippen LogP contribution in [0.15, 0.2) is 0 Å². The summed E-state index contributed by atoms with van der Waals surface area (Å²) in [5.74, 6) is 0.500. The van der Waals surface area contributed by atoms with Gasteiger partial charge in [-0.05, 0) is 52.9 Å². The van der Waals surface area contributed by atoms with Crippen LogP contribution in [0.2, 0.25) is 0 Å². The zero-order valence-corrected chi connectivity index (χ0v) is 13.1. The molecule has 2 bridgehead atoms. The molecule has 0 N–H and O–H groups in total. The Hall–Kier alpha value is -1.06. The number of piperidine rings is 2. The number of rotatable bonds is 2. The normalized spacial score (nSPS) is 30.0. The van der Waals surface area contributed by atoms with Gasteiger partial charge in [-0.1, -0.05) is 6.92 Å². The fraction of sp³-hybridized carbons (Fsp3) is 0.875. The zero-order valence-electron chi connectivity index (χ0n) is 13.1. The van der Waals surface area contributed by atoms with Crippen LogP contribution >= 0.6 is 0 Å². The molecule has 2 aliphatic rings. The fourth-order valence-electron chi connectivity index (χ4n) is 3.55. The number of ketones is 1. The highest BCUT2D eigenvalue weighted by Crippen LogP contribution is 2.38. The van der Waals surface area contributed by atoms with Crippen LogP contribution in [0.4, 0.5) is 4.79 Å². The number of Topliss-reactive ketones (excluding diaryl/α,β-unsaturated/α-hetero) is 1. The quantitative estimate of drug-likeness (QED) is 0.778. The van der Waals surface area contributed by atoms with Crippen molar-refractivity contribution in [3.63, 3.8) is 0 Å². The number of hydrogen-bond donors (Lipinski definition) is 0. The van der Waals surface area contributed by atoms with Gasteiger partial charge in [-0.3, -0.25) is 4.79 Å². The number of fused-ring (bicyclic) bond motifs is 2. The van der Waals surface area contributed by atoms with Crippen molar-refractivity contribution in [1.29, 1.82) is 0 Å². The summed E-state index contributed by atoms with van der Waals surface area (Å²) in [7, 11) is 0. The number of ether oxygens (including phenoxy) is 1. The average molecular weight is 281 g/mol. The highest BCUT2D eigenvalue weighted by atomic mass is 16.6. The van der Waals surface area contributed by atoms with Crippen molar-refractivity contribution >= 4 is 11.9 Å². The molecule has 1 amide bonds. The number of carbonyl (C=O) groups is 2. The van der Waals surface area contributed by atoms with E-state index in [4.69, 9.17) is 4.74 Å². The largest absolute Gasteiger partial charge is 0.444 e. The Kier molecular flexibility index (Phi) is 4.40. The van der Waals surface area contributed by atoms with Gasteiger partial charge >= 0.3 is 6.09 Å². The first-order valence-corrected chi connectivity index (χ1v) is 7.86. The lowest BCUT2D eigenvalue weighted by atomic mass is 9.76. The third-order valence-corrected chi connectivity index (χ3v) is 4.38. The fourth-order valence-corrected chi connectivity index (χ4v) is 3.55. The van der Waals surface area contributed by atoms with E-state index in [-0.39, 0.29) is 24.1 Å². The minimum Gasteiger partial charge on any atom is -0.444 e. The Labute approximate surface area is 121 Å². The van der Waals surface area contributed by atoms with E-state index in [1.165, 1.54) is 0 Å². The van der Waals surface area contributed by atoms with Crippen molar-refractivity contribution in [2.45, 2.75) is 83.9 Å². The smallest absolute Gasteiger partial charge is 0.410 e. The lowest BCUT2D eigenvalue weighted by molar-refractivity contribution is -0.126. The molecule has 2 saturated heterocycles. The van der Waals surface area contributed by atoms with Gasteiger partial charge in [-0.2, -0.15) is 0 Å². The van der Waals surface area contributed by atoms with Crippen molar-refractivity contribution in [3.05, 3.63) is 0 Å². The van der Waals surface area contributed by atoms with E-state index >= 15 is 0 Å². The van der Waals surface area contributed by atoms with Crippen LogP contribution < -0.4 is 0 Å². The summed E-state index contributed by atoms with van der Waals surface area (Å²) >= 11 is 0. The summed E-state index contributed by atoms with van der Waals surface area (Å²) in [4.78, 5) is 26.3. The van der Waals surface area contributed by atoms with Gasteiger partial charge in [0, 0.05) is 24.4 Å². The van der Waals surface area contributed by atoms with Crippen LogP contribution in [-0.4, -0.2) is 34.5 Å². The van der Waals surface area contributed by atoms with Crippen molar-refractivity contribution in [2.24, 2.45) is 5.92 Å². The summed E-state index contributed by atoms with van der Waals surface area (Å²) in [5.41, 5.74) is -0.457. The Bertz CT molecular complexity index is 372. The van der Waals surface area contributed by atoms with Gasteiger partial charge in [0.1, 0.15) is 11.4 Å². The Balaban J connectivity index is 2.09. The van der Waals surface area contributed by atoms with Crippen LogP contribution in [0, 0.1) is 5.92 Å². The summed E-state index contributed by atoms with van der Waals surface area (Å²) in [6.07, 6.45) is 5.21. The standard InChI is InChI=1S/C16H27NO3/c1-5-14(18)11-9-12-7-6-8-13(10-11)17(12)15(19)20-16(2,3)4/h11-13H,5-10H2,1-4H3. The first kappa shape index (κ1) is 15.3. The van der Waals surface area contributed by atoms with Crippen LogP contribution in [0.3, 0.4) is 0 Å². The molecule has 2 heterocycles. The van der Waals surface area contributed by atoms with Crippen molar-refractivity contribution in [3.8, 4) is 0 Å². The first-order valence-electron chi connectivity index (χ1n) is 7.86. The van der Waals surface area contributed by atoms with Gasteiger partial charge in [0.15, 0.2) is 0 Å². The lowest BCUT2D eigenvalue weighted by Gasteiger charge is -2.48. The SMILES string of the molecule is CCC(=O)C1CC2CCCC(C1)N2C(=O)OC(C)(C)C. The second-order valence-corrected chi connectivity index (χ2v) is 7.11. The molecule has 4 nitrogen and oxygen atoms in total. The molecule has 4 heteroatoms. The molecule has 2 fully saturated rings. The van der Waals surface area contributed by atoms with E-state index in [0.717, 1.165) is 32.1 Å². The number of nitrogens with zero attached hydrogens (tertiary/aromatic N) is 1. The van der Waals surface area contributed by atoms with Crippen molar-refractivity contribution in [2.75, 3.05) is 0 Å². The topological polar surface area (TPSA) is 46.6 Å². The predicted molar refractivity (Wildman–Crippen MR) is 77.5 cm³/mol. The molecule has 0 saturated carbocycles. The predicted octanol–water partition coefficient (Wildman–Crippen LogP) is 3.53. The maximum atomic E-state index is 12.4. The van der Waals surface area contributed by atoms with Gasteiger partial charge in [0.05, 0.1) is 0 Å². The van der Waals surface area contributed by atoms with Crippen LogP contribution in [0.5, 0.6) is 0 Å². The first-order chi connectivity index (χ1) is 9.31. The molecule has 0 aromatic rings. The Morgan fingerprint density at radius 3 is 2.15 bits per heavy atom. The molecule has 2 atom stereocenters. The van der Waals surface area contributed by atoms with Crippen molar-refractivity contribution in [1.82, 2.24) is 4.90 Å². The zero-order chi connectivity index (χ0) is 14.9. The van der Waals surface area contributed by atoms with Gasteiger partial charge in [-0.15, -0.1) is 0 Å². The third-order valence-electron chi connectivity index (χ3n) is 4.38. The van der Waals surface area contributed by atoms with E-state index in [0.29, 0.717) is 12.2 Å². The van der Waals surface area contributed by atoms with E-state index in [1.807, 2.05) is 32.6 Å². The number of hydrogen-bond acceptors (Lipinski definition) is 3. The van der Waals surface area contributed by atoms with E-state index in [1.54, 1.807) is 0 Å². The molecule has 0 aromatic heterocycles. The summed E-state index contributed by atoms with van der Waals surface area (Å²) in [6, 6.07) is 0.385. The molecule has 2 unspecified atom stereocenters. The number of carbonyl (C=O) groups excluding carboxylic acids is 2. The maximum absolute atomic E-state index is 12.4. The molecular formula is C16H27NO3. The Morgan fingerprint density at radius 2 is 1.70 bits per heavy atom. The van der Waals surface area contributed by atoms with Crippen LogP contribution in [0.25, 0.3) is 0 Å². The van der Waals surface area contributed by atoms with Crippen molar-refractivity contribution < 1.29 is 14.3 Å². The van der Waals surface area contributed by atoms with Crippen LogP contribution in [-0.2, 0) is 9.53 Å². The summed E-state index contributed by atoms with van der Waals surface area (Å²) < 4.78 is 5.54. The molecular weight excluding hydrogens is 254 g/mol. The molecule has 0 aromatic carbocycles. The van der Waals surface area contributed by atoms with Gasteiger partial charge in [0.2, 0.25) is 0 Å². The summed E-state index contributed by atoms with van der Waals surface area (Å²) in [5, 5.41) is 0. The molecule has 20 heavy (non-hydrogen) atoms. The number of amides is 1. The van der Waals surface area contributed by atoms with Gasteiger partial charge < -0.3 is 9.64 Å². The monoisotopic (exact) mass is 281 g/mol. The van der Waals surface area contributed by atoms with E-state index in [2.05, 4.69) is 0 Å². The second-order valence-electron chi connectivity index (χ2n) is 7.11. The Morgan fingerprint density at radius 1 is 1.15 bits per heavy atom. The van der Waals surface area contributed by atoms with E-state index < -0.39 is 5.60 Å². The third kappa shape index (κ3) is 3.33. The minimum atomic E-state index is -0.457. The van der Waals surface area contributed by atoms with Gasteiger partial charge in [-0.25, -0.2) is 4.79 Å². The molecule has 2 rings (SSSR count). The van der Waals surface area contributed by atoms with Crippen LogP contribution in [0.1, 0.15) is 66.2 Å². The molecule has 114 valence electrons. The molecule has 0 aliphatic carbocycles. The van der Waals surface area contributed by atoms with Gasteiger partial charge in [0.25, 0.3) is 0 Å². The molecule has 0 spiro atoms. The molecule has 2 aliphatic heterocycles. The maximum Gasteiger partial charge on any atom is 0.410 e. The lowest BCUT2D eigenvalue weighted by Crippen LogP contribution is -2.56. The average Bonchev–Trinajstić information content (AvgIpc) is 2.34.